The first-order valence-electron chi connectivity index (χ1n) is 7.70. The lowest BCUT2D eigenvalue weighted by atomic mass is 9.78. The molecule has 0 heterocycles. The predicted molar refractivity (Wildman–Crippen MR) is 70.5 cm³/mol. The van der Waals surface area contributed by atoms with Crippen LogP contribution in [0.4, 0.5) is 0 Å². The summed E-state index contributed by atoms with van der Waals surface area (Å²) in [4.78, 5) is 26.1. The number of rotatable bonds is 5. The minimum atomic E-state index is -0.778. The molecule has 0 aromatic carbocycles. The van der Waals surface area contributed by atoms with E-state index in [0.29, 0.717) is 18.4 Å². The van der Waals surface area contributed by atoms with Crippen molar-refractivity contribution in [1.82, 2.24) is 4.90 Å². The van der Waals surface area contributed by atoms with Crippen molar-refractivity contribution in [2.45, 2.75) is 57.4 Å². The molecule has 2 atom stereocenters. The molecule has 0 aliphatic heterocycles. The summed E-state index contributed by atoms with van der Waals surface area (Å²) in [5, 5.41) is 9.32. The molecule has 0 aromatic rings. The third-order valence-electron chi connectivity index (χ3n) is 4.82. The summed E-state index contributed by atoms with van der Waals surface area (Å²) >= 11 is 0. The van der Waals surface area contributed by atoms with Gasteiger partial charge in [0.05, 0.1) is 11.8 Å². The Morgan fingerprint density at radius 3 is 2.11 bits per heavy atom. The SMILES string of the molecule is O=C(O)[C@H]1CCCC[C@H]1C(=O)N(CC1CC1)C1CC1. The minimum absolute atomic E-state index is 0.140. The topological polar surface area (TPSA) is 57.6 Å². The van der Waals surface area contributed by atoms with Gasteiger partial charge in [-0.25, -0.2) is 0 Å². The Morgan fingerprint density at radius 1 is 0.947 bits per heavy atom. The number of carbonyl (C=O) groups excluding carboxylic acids is 1. The van der Waals surface area contributed by atoms with Gasteiger partial charge in [-0.05, 0) is 44.4 Å². The van der Waals surface area contributed by atoms with Crippen LogP contribution in [0.15, 0.2) is 0 Å². The zero-order chi connectivity index (χ0) is 13.4. The van der Waals surface area contributed by atoms with Gasteiger partial charge in [-0.1, -0.05) is 12.8 Å². The van der Waals surface area contributed by atoms with Crippen LogP contribution in [0.2, 0.25) is 0 Å². The van der Waals surface area contributed by atoms with Gasteiger partial charge in [0.1, 0.15) is 0 Å². The second kappa shape index (κ2) is 5.14. The van der Waals surface area contributed by atoms with E-state index in [9.17, 15) is 14.7 Å². The Morgan fingerprint density at radius 2 is 1.58 bits per heavy atom. The zero-order valence-electron chi connectivity index (χ0n) is 11.4. The fourth-order valence-electron chi connectivity index (χ4n) is 3.32. The second-order valence-electron chi connectivity index (χ2n) is 6.50. The highest BCUT2D eigenvalue weighted by molar-refractivity contribution is 5.85. The van der Waals surface area contributed by atoms with Crippen LogP contribution in [0.25, 0.3) is 0 Å². The highest BCUT2D eigenvalue weighted by Gasteiger charge is 2.43. The molecule has 0 aromatic heterocycles. The van der Waals surface area contributed by atoms with Crippen LogP contribution in [-0.4, -0.2) is 34.5 Å². The molecule has 3 aliphatic carbocycles. The highest BCUT2D eigenvalue weighted by atomic mass is 16.4. The summed E-state index contributed by atoms with van der Waals surface area (Å²) in [6, 6.07) is 0.421. The molecule has 0 radical (unpaired) electrons. The van der Waals surface area contributed by atoms with Crippen LogP contribution in [0.3, 0.4) is 0 Å². The summed E-state index contributed by atoms with van der Waals surface area (Å²) in [7, 11) is 0. The van der Waals surface area contributed by atoms with Gasteiger partial charge in [-0.2, -0.15) is 0 Å². The number of hydrogen-bond donors (Lipinski definition) is 1. The Labute approximate surface area is 114 Å². The van der Waals surface area contributed by atoms with Crippen molar-refractivity contribution < 1.29 is 14.7 Å². The number of carboxylic acid groups (broad SMARTS) is 1. The molecule has 4 nitrogen and oxygen atoms in total. The number of carbonyl (C=O) groups is 2. The van der Waals surface area contributed by atoms with Gasteiger partial charge in [0.2, 0.25) is 5.91 Å². The molecule has 19 heavy (non-hydrogen) atoms. The average Bonchev–Trinajstić information content (AvgIpc) is 3.27. The van der Waals surface area contributed by atoms with Crippen LogP contribution >= 0.6 is 0 Å². The summed E-state index contributed by atoms with van der Waals surface area (Å²) in [6.07, 6.45) is 8.10. The summed E-state index contributed by atoms with van der Waals surface area (Å²) in [6.45, 7) is 0.881. The Bertz CT molecular complexity index is 374. The number of aliphatic carboxylic acids is 1. The molecule has 1 amide bonds. The summed E-state index contributed by atoms with van der Waals surface area (Å²) < 4.78 is 0. The molecule has 106 valence electrons. The first-order valence-corrected chi connectivity index (χ1v) is 7.70. The Kier molecular flexibility index (Phi) is 3.50. The molecule has 0 unspecified atom stereocenters. The average molecular weight is 265 g/mol. The van der Waals surface area contributed by atoms with E-state index in [1.54, 1.807) is 0 Å². The van der Waals surface area contributed by atoms with E-state index >= 15 is 0 Å². The predicted octanol–water partition coefficient (Wildman–Crippen LogP) is 2.28. The maximum absolute atomic E-state index is 12.7. The fourth-order valence-corrected chi connectivity index (χ4v) is 3.32. The maximum Gasteiger partial charge on any atom is 0.307 e. The van der Waals surface area contributed by atoms with Crippen molar-refractivity contribution in [1.29, 1.82) is 0 Å². The molecule has 3 saturated carbocycles. The summed E-state index contributed by atoms with van der Waals surface area (Å²) in [5.41, 5.74) is 0. The third-order valence-corrected chi connectivity index (χ3v) is 4.82. The smallest absolute Gasteiger partial charge is 0.307 e. The molecule has 3 rings (SSSR count). The third kappa shape index (κ3) is 2.93. The Hall–Kier alpha value is -1.06. The monoisotopic (exact) mass is 265 g/mol. The van der Waals surface area contributed by atoms with E-state index in [2.05, 4.69) is 0 Å². The standard InChI is InChI=1S/C15H23NO3/c17-14(12-3-1-2-4-13(12)15(18)19)16(11-7-8-11)9-10-5-6-10/h10-13H,1-9H2,(H,18,19)/t12-,13+/m1/s1. The van der Waals surface area contributed by atoms with Crippen molar-refractivity contribution in [3.05, 3.63) is 0 Å². The molecule has 4 heteroatoms. The number of amides is 1. The van der Waals surface area contributed by atoms with Crippen LogP contribution in [0.1, 0.15) is 51.4 Å². The minimum Gasteiger partial charge on any atom is -0.481 e. The van der Waals surface area contributed by atoms with Gasteiger partial charge in [0, 0.05) is 12.6 Å². The van der Waals surface area contributed by atoms with Crippen molar-refractivity contribution in [3.8, 4) is 0 Å². The van der Waals surface area contributed by atoms with E-state index in [1.165, 1.54) is 12.8 Å². The lowest BCUT2D eigenvalue weighted by Gasteiger charge is -2.33. The van der Waals surface area contributed by atoms with Crippen molar-refractivity contribution in [2.75, 3.05) is 6.54 Å². The van der Waals surface area contributed by atoms with Crippen LogP contribution in [0, 0.1) is 17.8 Å². The lowest BCUT2D eigenvalue weighted by molar-refractivity contribution is -0.152. The van der Waals surface area contributed by atoms with Gasteiger partial charge in [0.15, 0.2) is 0 Å². The molecule has 3 fully saturated rings. The molecule has 0 spiro atoms. The van der Waals surface area contributed by atoms with Gasteiger partial charge in [-0.3, -0.25) is 9.59 Å². The van der Waals surface area contributed by atoms with Crippen LogP contribution < -0.4 is 0 Å². The largest absolute Gasteiger partial charge is 0.481 e. The Balaban J connectivity index is 1.69. The molecular weight excluding hydrogens is 242 g/mol. The zero-order valence-corrected chi connectivity index (χ0v) is 11.4. The number of hydrogen-bond acceptors (Lipinski definition) is 2. The molecule has 1 N–H and O–H groups in total. The fraction of sp³-hybridized carbons (Fsp3) is 0.867. The molecule has 0 bridgehead atoms. The van der Waals surface area contributed by atoms with Crippen molar-refractivity contribution >= 4 is 11.9 Å². The molecular formula is C15H23NO3. The van der Waals surface area contributed by atoms with Gasteiger partial charge >= 0.3 is 5.97 Å². The van der Waals surface area contributed by atoms with Crippen molar-refractivity contribution in [2.24, 2.45) is 17.8 Å². The van der Waals surface area contributed by atoms with Gasteiger partial charge < -0.3 is 10.0 Å². The normalized spacial score (nSPS) is 30.9. The van der Waals surface area contributed by atoms with Crippen molar-refractivity contribution in [3.63, 3.8) is 0 Å². The molecule has 0 saturated heterocycles. The number of carboxylic acids is 1. The van der Waals surface area contributed by atoms with E-state index in [0.717, 1.165) is 38.6 Å². The van der Waals surface area contributed by atoms with E-state index in [4.69, 9.17) is 0 Å². The van der Waals surface area contributed by atoms with E-state index in [1.807, 2.05) is 4.90 Å². The first kappa shape index (κ1) is 12.9. The van der Waals surface area contributed by atoms with Gasteiger partial charge in [-0.15, -0.1) is 0 Å². The maximum atomic E-state index is 12.7. The van der Waals surface area contributed by atoms with Crippen LogP contribution in [-0.2, 0) is 9.59 Å². The van der Waals surface area contributed by atoms with Crippen LogP contribution in [0.5, 0.6) is 0 Å². The quantitative estimate of drug-likeness (QED) is 0.829. The summed E-state index contributed by atoms with van der Waals surface area (Å²) in [5.74, 6) is -0.648. The van der Waals surface area contributed by atoms with Gasteiger partial charge in [0.25, 0.3) is 0 Å². The highest BCUT2D eigenvalue weighted by Crippen LogP contribution is 2.38. The molecule has 3 aliphatic rings. The second-order valence-corrected chi connectivity index (χ2v) is 6.50. The van der Waals surface area contributed by atoms with E-state index in [-0.39, 0.29) is 11.8 Å². The first-order chi connectivity index (χ1) is 9.16. The number of nitrogens with zero attached hydrogens (tertiary/aromatic N) is 1. The lowest BCUT2D eigenvalue weighted by Crippen LogP contribution is -2.44. The van der Waals surface area contributed by atoms with E-state index < -0.39 is 11.9 Å².